The number of H-pyrrole nitrogens is 1. The number of ether oxygens (including phenoxy) is 2. The van der Waals surface area contributed by atoms with Crippen molar-refractivity contribution in [2.24, 2.45) is 0 Å². The van der Waals surface area contributed by atoms with Gasteiger partial charge in [-0.3, -0.25) is 23.7 Å². The lowest BCUT2D eigenvalue weighted by atomic mass is 9.96. The summed E-state index contributed by atoms with van der Waals surface area (Å²) in [5.41, 5.74) is -2.31. The second kappa shape index (κ2) is 11.7. The number of hydrogen-bond donors (Lipinski definition) is 4. The fraction of sp³-hybridized carbons (Fsp3) is 0.400. The number of fused-ring (bicyclic) bond motifs is 1. The lowest BCUT2D eigenvalue weighted by Crippen LogP contribution is -2.45. The molecule has 4 N–H and O–H groups in total. The molecule has 0 saturated carbocycles. The Hall–Kier alpha value is -2.90. The minimum Gasteiger partial charge on any atom is -0.465 e. The Labute approximate surface area is 229 Å². The SMILES string of the molecule is CCOC(=O)[C@H](C)N[P@@](=O)(OC[C@H]1O[C@@H](n2ccc(=O)[nH]c2=S)[C@](C)(O)C1O)Oc1cccc2ccccc12. The van der Waals surface area contributed by atoms with Crippen molar-refractivity contribution < 1.29 is 38.1 Å². The summed E-state index contributed by atoms with van der Waals surface area (Å²) in [6.45, 7) is 4.03. The van der Waals surface area contributed by atoms with Crippen molar-refractivity contribution in [3.05, 3.63) is 69.9 Å². The van der Waals surface area contributed by atoms with Crippen LogP contribution < -0.4 is 15.2 Å². The van der Waals surface area contributed by atoms with Crippen LogP contribution in [0.2, 0.25) is 0 Å². The van der Waals surface area contributed by atoms with Crippen molar-refractivity contribution in [2.45, 2.75) is 50.8 Å². The van der Waals surface area contributed by atoms with Gasteiger partial charge in [-0.1, -0.05) is 36.4 Å². The highest BCUT2D eigenvalue weighted by molar-refractivity contribution is 7.71. The molecule has 0 radical (unpaired) electrons. The second-order valence-corrected chi connectivity index (χ2v) is 11.3. The van der Waals surface area contributed by atoms with Crippen molar-refractivity contribution >= 4 is 36.7 Å². The molecule has 1 fully saturated rings. The molecule has 0 spiro atoms. The van der Waals surface area contributed by atoms with Crippen molar-refractivity contribution in [1.82, 2.24) is 14.6 Å². The number of carbonyl (C=O) groups is 1. The van der Waals surface area contributed by atoms with Crippen LogP contribution >= 0.6 is 20.0 Å². The van der Waals surface area contributed by atoms with Crippen LogP contribution in [-0.2, 0) is 23.4 Å². The summed E-state index contributed by atoms with van der Waals surface area (Å²) in [5, 5.41) is 26.0. The molecule has 6 atom stereocenters. The van der Waals surface area contributed by atoms with Crippen molar-refractivity contribution in [1.29, 1.82) is 0 Å². The third kappa shape index (κ3) is 6.30. The van der Waals surface area contributed by atoms with Crippen LogP contribution in [0.5, 0.6) is 5.75 Å². The normalized spacial score (nSPS) is 25.2. The zero-order valence-corrected chi connectivity index (χ0v) is 23.2. The van der Waals surface area contributed by atoms with Crippen LogP contribution in [0.1, 0.15) is 27.0 Å². The average molecular weight is 580 g/mol. The molecule has 0 aliphatic carbocycles. The Morgan fingerprint density at radius 3 is 2.72 bits per heavy atom. The number of hydrogen-bond acceptors (Lipinski definition) is 10. The summed E-state index contributed by atoms with van der Waals surface area (Å²) in [6, 6.07) is 12.6. The van der Waals surface area contributed by atoms with Crippen LogP contribution in [0.4, 0.5) is 0 Å². The molecule has 1 saturated heterocycles. The second-order valence-electron chi connectivity index (χ2n) is 9.18. The molecular formula is C25H30N3O9PS. The summed E-state index contributed by atoms with van der Waals surface area (Å²) < 4.78 is 37.7. The molecule has 1 aliphatic heterocycles. The van der Waals surface area contributed by atoms with E-state index in [0.29, 0.717) is 5.39 Å². The maximum atomic E-state index is 14.0. The van der Waals surface area contributed by atoms with Gasteiger partial charge in [0.25, 0.3) is 5.56 Å². The Morgan fingerprint density at radius 2 is 2.00 bits per heavy atom. The number of aliphatic hydroxyl groups excluding tert-OH is 1. The van der Waals surface area contributed by atoms with Gasteiger partial charge in [-0.05, 0) is 44.4 Å². The summed E-state index contributed by atoms with van der Waals surface area (Å²) in [6.07, 6.45) is -2.57. The Bertz CT molecular complexity index is 1500. The van der Waals surface area contributed by atoms with Crippen LogP contribution in [0, 0.1) is 4.77 Å². The van der Waals surface area contributed by atoms with Gasteiger partial charge >= 0.3 is 13.7 Å². The first-order valence-electron chi connectivity index (χ1n) is 12.2. The van der Waals surface area contributed by atoms with Gasteiger partial charge in [0.05, 0.1) is 13.2 Å². The van der Waals surface area contributed by atoms with E-state index in [0.717, 1.165) is 5.39 Å². The molecule has 1 aliphatic rings. The molecule has 2 heterocycles. The quantitative estimate of drug-likeness (QED) is 0.159. The minimum atomic E-state index is -4.31. The molecule has 3 aromatic rings. The van der Waals surface area contributed by atoms with Gasteiger partial charge < -0.3 is 24.2 Å². The average Bonchev–Trinajstić information content (AvgIpc) is 3.11. The number of benzene rings is 2. The van der Waals surface area contributed by atoms with E-state index in [2.05, 4.69) is 10.1 Å². The van der Waals surface area contributed by atoms with Gasteiger partial charge in [-0.2, -0.15) is 5.09 Å². The highest BCUT2D eigenvalue weighted by Gasteiger charge is 2.54. The van der Waals surface area contributed by atoms with E-state index in [4.69, 9.17) is 30.7 Å². The van der Waals surface area contributed by atoms with Crippen LogP contribution in [0.3, 0.4) is 0 Å². The molecule has 0 amide bonds. The number of nitrogens with zero attached hydrogens (tertiary/aromatic N) is 1. The molecule has 1 aromatic heterocycles. The van der Waals surface area contributed by atoms with Gasteiger partial charge in [0, 0.05) is 17.6 Å². The van der Waals surface area contributed by atoms with E-state index in [1.807, 2.05) is 18.2 Å². The molecule has 2 aromatic carbocycles. The maximum absolute atomic E-state index is 14.0. The molecule has 39 heavy (non-hydrogen) atoms. The number of aromatic nitrogens is 2. The van der Waals surface area contributed by atoms with E-state index in [1.54, 1.807) is 31.2 Å². The fourth-order valence-corrected chi connectivity index (χ4v) is 5.99. The number of carbonyl (C=O) groups excluding carboxylic acids is 1. The zero-order chi connectivity index (χ0) is 28.4. The first-order valence-corrected chi connectivity index (χ1v) is 14.1. The minimum absolute atomic E-state index is 0.0311. The summed E-state index contributed by atoms with van der Waals surface area (Å²) in [4.78, 5) is 26.3. The van der Waals surface area contributed by atoms with Crippen molar-refractivity contribution in [2.75, 3.05) is 13.2 Å². The first-order chi connectivity index (χ1) is 18.4. The van der Waals surface area contributed by atoms with Crippen LogP contribution in [-0.4, -0.2) is 62.8 Å². The third-order valence-electron chi connectivity index (χ3n) is 6.23. The third-order valence-corrected chi connectivity index (χ3v) is 8.17. The monoisotopic (exact) mass is 579 g/mol. The van der Waals surface area contributed by atoms with Gasteiger partial charge in [0.15, 0.2) is 11.0 Å². The number of esters is 1. The number of aliphatic hydroxyl groups is 2. The number of nitrogens with one attached hydrogen (secondary N) is 2. The first kappa shape index (κ1) is 29.1. The highest BCUT2D eigenvalue weighted by Crippen LogP contribution is 2.48. The van der Waals surface area contributed by atoms with E-state index in [9.17, 15) is 24.4 Å². The van der Waals surface area contributed by atoms with Gasteiger partial charge in [-0.15, -0.1) is 0 Å². The zero-order valence-electron chi connectivity index (χ0n) is 21.5. The molecule has 14 heteroatoms. The molecule has 12 nitrogen and oxygen atoms in total. The Morgan fingerprint density at radius 1 is 1.28 bits per heavy atom. The lowest BCUT2D eigenvalue weighted by Gasteiger charge is -2.28. The van der Waals surface area contributed by atoms with E-state index >= 15 is 0 Å². The predicted molar refractivity (Wildman–Crippen MR) is 144 cm³/mol. The largest absolute Gasteiger partial charge is 0.465 e. The van der Waals surface area contributed by atoms with E-state index < -0.39 is 56.0 Å². The number of aromatic amines is 1. The smallest absolute Gasteiger partial charge is 0.459 e. The molecule has 210 valence electrons. The standard InChI is InChI=1S/C25H30N3O9PS/c1-4-34-22(31)15(2)27-38(33,37-18-11-7-9-16-8-5-6-10-17(16)18)35-14-19-21(30)25(3,32)23(36-19)28-13-12-20(29)26-24(28)39/h5-13,15,19,21,23,30,32H,4,14H2,1-3H3,(H,27,33)(H,26,29,39)/t15-,19+,21?,23+,25+,38+/m0/s1. The van der Waals surface area contributed by atoms with E-state index in [-0.39, 0.29) is 17.1 Å². The van der Waals surface area contributed by atoms with Gasteiger partial charge in [0.1, 0.15) is 29.6 Å². The number of rotatable bonds is 10. The molecular weight excluding hydrogens is 549 g/mol. The topological polar surface area (TPSA) is 161 Å². The lowest BCUT2D eigenvalue weighted by molar-refractivity contribution is -0.144. The van der Waals surface area contributed by atoms with Gasteiger partial charge in [0.2, 0.25) is 0 Å². The summed E-state index contributed by atoms with van der Waals surface area (Å²) in [7, 11) is -4.31. The van der Waals surface area contributed by atoms with Crippen molar-refractivity contribution in [3.63, 3.8) is 0 Å². The Balaban J connectivity index is 1.60. The van der Waals surface area contributed by atoms with Crippen molar-refractivity contribution in [3.8, 4) is 5.75 Å². The van der Waals surface area contributed by atoms with Gasteiger partial charge in [-0.25, -0.2) is 4.57 Å². The van der Waals surface area contributed by atoms with Crippen LogP contribution in [0.15, 0.2) is 59.5 Å². The Kier molecular flexibility index (Phi) is 8.72. The van der Waals surface area contributed by atoms with E-state index in [1.165, 1.54) is 30.7 Å². The molecule has 1 unspecified atom stereocenters. The fourth-order valence-electron chi connectivity index (χ4n) is 4.21. The van der Waals surface area contributed by atoms with Crippen LogP contribution in [0.25, 0.3) is 10.8 Å². The molecule has 0 bridgehead atoms. The molecule has 4 rings (SSSR count). The maximum Gasteiger partial charge on any atom is 0.459 e. The highest BCUT2D eigenvalue weighted by atomic mass is 32.1. The summed E-state index contributed by atoms with van der Waals surface area (Å²) in [5.74, 6) is -0.437. The summed E-state index contributed by atoms with van der Waals surface area (Å²) >= 11 is 5.17. The predicted octanol–water partition coefficient (Wildman–Crippen LogP) is 2.81.